The SMILES string of the molecule is CCNCN[SiH2]C(C)C. The Hall–Kier alpha value is 0.137. The Morgan fingerprint density at radius 1 is 1.44 bits per heavy atom. The first-order valence-corrected chi connectivity index (χ1v) is 5.21. The number of hydrogen-bond donors (Lipinski definition) is 2. The molecule has 0 radical (unpaired) electrons. The van der Waals surface area contributed by atoms with Crippen molar-refractivity contribution in [3.05, 3.63) is 0 Å². The van der Waals surface area contributed by atoms with Gasteiger partial charge >= 0.3 is 0 Å². The summed E-state index contributed by atoms with van der Waals surface area (Å²) in [4.78, 5) is 3.41. The molecule has 0 spiro atoms. The molecule has 2 nitrogen and oxygen atoms in total. The van der Waals surface area contributed by atoms with Crippen molar-refractivity contribution in [1.29, 1.82) is 0 Å². The summed E-state index contributed by atoms with van der Waals surface area (Å²) in [6.45, 7) is 8.73. The summed E-state index contributed by atoms with van der Waals surface area (Å²) in [6.07, 6.45) is 0. The van der Waals surface area contributed by atoms with Crippen LogP contribution in [0.2, 0.25) is 5.54 Å². The van der Waals surface area contributed by atoms with Crippen LogP contribution in [0.15, 0.2) is 0 Å². The van der Waals surface area contributed by atoms with Crippen molar-refractivity contribution in [2.45, 2.75) is 26.3 Å². The Kier molecular flexibility index (Phi) is 6.35. The van der Waals surface area contributed by atoms with E-state index in [1.165, 1.54) is 0 Å². The molecule has 56 valence electrons. The van der Waals surface area contributed by atoms with Crippen LogP contribution in [0.25, 0.3) is 0 Å². The first kappa shape index (κ1) is 9.14. The van der Waals surface area contributed by atoms with Gasteiger partial charge in [0, 0.05) is 6.67 Å². The maximum atomic E-state index is 3.41. The number of rotatable bonds is 5. The molecule has 0 aromatic rings. The molecule has 3 heteroatoms. The van der Waals surface area contributed by atoms with E-state index in [2.05, 4.69) is 31.1 Å². The van der Waals surface area contributed by atoms with E-state index in [1.54, 1.807) is 0 Å². The molecular weight excluding hydrogens is 128 g/mol. The monoisotopic (exact) mass is 146 g/mol. The zero-order valence-corrected chi connectivity index (χ0v) is 8.11. The van der Waals surface area contributed by atoms with Crippen molar-refractivity contribution >= 4 is 9.68 Å². The van der Waals surface area contributed by atoms with Gasteiger partial charge in [-0.2, -0.15) is 0 Å². The number of hydrogen-bond acceptors (Lipinski definition) is 2. The normalized spacial score (nSPS) is 12.0. The van der Waals surface area contributed by atoms with Crippen LogP contribution >= 0.6 is 0 Å². The molecule has 0 fully saturated rings. The van der Waals surface area contributed by atoms with Gasteiger partial charge in [0.1, 0.15) is 0 Å². The van der Waals surface area contributed by atoms with Gasteiger partial charge in [-0.15, -0.1) is 0 Å². The molecule has 0 aromatic carbocycles. The summed E-state index contributed by atoms with van der Waals surface area (Å²) in [5, 5.41) is 3.23. The zero-order valence-electron chi connectivity index (χ0n) is 6.70. The Balaban J connectivity index is 2.75. The predicted molar refractivity (Wildman–Crippen MR) is 45.3 cm³/mol. The first-order chi connectivity index (χ1) is 4.27. The van der Waals surface area contributed by atoms with Gasteiger partial charge in [0.15, 0.2) is 0 Å². The molecule has 0 bridgehead atoms. The Bertz CT molecular complexity index is 57.0. The van der Waals surface area contributed by atoms with Crippen molar-refractivity contribution in [1.82, 2.24) is 10.3 Å². The topological polar surface area (TPSA) is 24.1 Å². The predicted octanol–water partition coefficient (Wildman–Crippen LogP) is 0.0551. The van der Waals surface area contributed by atoms with Gasteiger partial charge < -0.3 is 10.3 Å². The zero-order chi connectivity index (χ0) is 7.11. The highest BCUT2D eigenvalue weighted by atomic mass is 28.2. The van der Waals surface area contributed by atoms with Crippen LogP contribution in [0.4, 0.5) is 0 Å². The van der Waals surface area contributed by atoms with E-state index in [1.807, 2.05) is 0 Å². The summed E-state index contributed by atoms with van der Waals surface area (Å²) < 4.78 is 0. The molecule has 0 saturated heterocycles. The average Bonchev–Trinajstić information content (AvgIpc) is 1.80. The fraction of sp³-hybridized carbons (Fsp3) is 1.00. The molecular formula is C6H18N2Si. The summed E-state index contributed by atoms with van der Waals surface area (Å²) in [5.74, 6) is 0. The summed E-state index contributed by atoms with van der Waals surface area (Å²) in [5.41, 5.74) is 0.892. The van der Waals surface area contributed by atoms with E-state index in [9.17, 15) is 0 Å². The summed E-state index contributed by atoms with van der Waals surface area (Å²) >= 11 is 0. The minimum atomic E-state index is 0.0133. The van der Waals surface area contributed by atoms with Crippen LogP contribution in [0, 0.1) is 0 Å². The van der Waals surface area contributed by atoms with Gasteiger partial charge in [-0.1, -0.05) is 20.8 Å². The summed E-state index contributed by atoms with van der Waals surface area (Å²) in [6, 6.07) is 0. The van der Waals surface area contributed by atoms with E-state index in [4.69, 9.17) is 0 Å². The minimum absolute atomic E-state index is 0.0133. The average molecular weight is 146 g/mol. The second kappa shape index (κ2) is 6.26. The molecule has 0 saturated carbocycles. The first-order valence-electron chi connectivity index (χ1n) is 3.68. The van der Waals surface area contributed by atoms with Crippen molar-refractivity contribution in [3.63, 3.8) is 0 Å². The highest BCUT2D eigenvalue weighted by Crippen LogP contribution is 1.91. The van der Waals surface area contributed by atoms with Crippen LogP contribution in [-0.2, 0) is 0 Å². The lowest BCUT2D eigenvalue weighted by atomic mass is 10.6. The molecule has 0 atom stereocenters. The van der Waals surface area contributed by atoms with Crippen molar-refractivity contribution in [2.24, 2.45) is 0 Å². The minimum Gasteiger partial charge on any atom is -0.330 e. The van der Waals surface area contributed by atoms with Crippen LogP contribution < -0.4 is 10.3 Å². The third kappa shape index (κ3) is 8.14. The van der Waals surface area contributed by atoms with Crippen LogP contribution in [0.1, 0.15) is 20.8 Å². The van der Waals surface area contributed by atoms with E-state index >= 15 is 0 Å². The van der Waals surface area contributed by atoms with E-state index in [0.717, 1.165) is 18.8 Å². The second-order valence-corrected chi connectivity index (χ2v) is 5.17. The van der Waals surface area contributed by atoms with Crippen LogP contribution in [-0.4, -0.2) is 22.9 Å². The molecule has 0 aromatic heterocycles. The maximum Gasteiger partial charge on any atom is 0.0955 e. The third-order valence-corrected chi connectivity index (χ3v) is 2.41. The maximum absolute atomic E-state index is 3.41. The molecule has 0 aliphatic rings. The lowest BCUT2D eigenvalue weighted by Crippen LogP contribution is -2.32. The van der Waals surface area contributed by atoms with Gasteiger partial charge in [0.2, 0.25) is 0 Å². The van der Waals surface area contributed by atoms with E-state index in [-0.39, 0.29) is 9.68 Å². The Labute approximate surface area is 60.3 Å². The Morgan fingerprint density at radius 3 is 2.56 bits per heavy atom. The molecule has 0 aliphatic carbocycles. The molecule has 9 heavy (non-hydrogen) atoms. The fourth-order valence-corrected chi connectivity index (χ4v) is 1.47. The van der Waals surface area contributed by atoms with Gasteiger partial charge in [-0.25, -0.2) is 0 Å². The largest absolute Gasteiger partial charge is 0.330 e. The highest BCUT2D eigenvalue weighted by Gasteiger charge is 1.90. The van der Waals surface area contributed by atoms with Crippen LogP contribution in [0.5, 0.6) is 0 Å². The quantitative estimate of drug-likeness (QED) is 0.325. The summed E-state index contributed by atoms with van der Waals surface area (Å²) in [7, 11) is 0.0133. The van der Waals surface area contributed by atoms with Crippen molar-refractivity contribution in [3.8, 4) is 0 Å². The smallest absolute Gasteiger partial charge is 0.0955 e. The van der Waals surface area contributed by atoms with E-state index < -0.39 is 0 Å². The van der Waals surface area contributed by atoms with Crippen molar-refractivity contribution < 1.29 is 0 Å². The van der Waals surface area contributed by atoms with Crippen LogP contribution in [0.3, 0.4) is 0 Å². The van der Waals surface area contributed by atoms with E-state index in [0.29, 0.717) is 0 Å². The second-order valence-electron chi connectivity index (χ2n) is 2.63. The molecule has 2 N–H and O–H groups in total. The number of nitrogens with one attached hydrogen (secondary N) is 2. The molecule has 0 rings (SSSR count). The standard InChI is InChI=1S/C6H18N2Si/c1-4-7-5-8-9-6(2)3/h6-8H,4-5,9H2,1-3H3. The Morgan fingerprint density at radius 2 is 2.11 bits per heavy atom. The van der Waals surface area contributed by atoms with Gasteiger partial charge in [0.25, 0.3) is 0 Å². The lowest BCUT2D eigenvalue weighted by molar-refractivity contribution is 0.699. The van der Waals surface area contributed by atoms with Gasteiger partial charge in [-0.05, 0) is 12.1 Å². The third-order valence-electron chi connectivity index (χ3n) is 1.05. The molecule has 0 amide bonds. The fourth-order valence-electron chi connectivity index (χ4n) is 0.574. The highest BCUT2D eigenvalue weighted by molar-refractivity contribution is 6.33. The van der Waals surface area contributed by atoms with Gasteiger partial charge in [-0.3, -0.25) is 0 Å². The lowest BCUT2D eigenvalue weighted by Gasteiger charge is -2.05. The molecule has 0 unspecified atom stereocenters. The molecule has 0 heterocycles. The molecule has 0 aliphatic heterocycles. The van der Waals surface area contributed by atoms with Crippen molar-refractivity contribution in [2.75, 3.05) is 13.2 Å². The van der Waals surface area contributed by atoms with Gasteiger partial charge in [0.05, 0.1) is 9.68 Å².